The van der Waals surface area contributed by atoms with Crippen molar-refractivity contribution in [1.29, 1.82) is 0 Å². The van der Waals surface area contributed by atoms with Gasteiger partial charge in [-0.3, -0.25) is 0 Å². The molecule has 0 radical (unpaired) electrons. The molecule has 6 nitrogen and oxygen atoms in total. The van der Waals surface area contributed by atoms with E-state index >= 15 is 0 Å². The van der Waals surface area contributed by atoms with Crippen LogP contribution >= 0.6 is 11.3 Å². The fourth-order valence-electron chi connectivity index (χ4n) is 2.03. The molecule has 2 aromatic rings. The van der Waals surface area contributed by atoms with Crippen LogP contribution in [0.2, 0.25) is 0 Å². The summed E-state index contributed by atoms with van der Waals surface area (Å²) in [6, 6.07) is 7.07. The highest BCUT2D eigenvalue weighted by atomic mass is 32.1. The lowest BCUT2D eigenvalue weighted by Crippen LogP contribution is -2.11. The summed E-state index contributed by atoms with van der Waals surface area (Å²) < 4.78 is 5.13. The molecule has 1 heterocycles. The molecule has 0 unspecified atom stereocenters. The molecule has 1 aromatic carbocycles. The Bertz CT molecular complexity index is 719. The van der Waals surface area contributed by atoms with Crippen molar-refractivity contribution in [1.82, 2.24) is 0 Å². The topological polar surface area (TPSA) is 104 Å². The number of benzene rings is 1. The first-order valence-electron chi connectivity index (χ1n) is 6.35. The molecular formula is C15H14O6S. The highest BCUT2D eigenvalue weighted by Crippen LogP contribution is 2.41. The van der Waals surface area contributed by atoms with Crippen LogP contribution in [-0.4, -0.2) is 33.9 Å². The zero-order valence-electron chi connectivity index (χ0n) is 11.7. The van der Waals surface area contributed by atoms with Crippen molar-refractivity contribution in [3.05, 3.63) is 40.3 Å². The molecule has 0 fully saturated rings. The van der Waals surface area contributed by atoms with Crippen LogP contribution in [0, 0.1) is 6.92 Å². The van der Waals surface area contributed by atoms with Crippen molar-refractivity contribution in [3.63, 3.8) is 0 Å². The summed E-state index contributed by atoms with van der Waals surface area (Å²) in [5, 5.41) is 27.1. The van der Waals surface area contributed by atoms with Gasteiger partial charge in [-0.25, -0.2) is 9.59 Å². The Hall–Kier alpha value is -2.38. The van der Waals surface area contributed by atoms with E-state index in [4.69, 9.17) is 9.84 Å². The maximum absolute atomic E-state index is 11.3. The molecule has 1 aromatic heterocycles. The van der Waals surface area contributed by atoms with E-state index in [1.807, 2.05) is 0 Å². The number of carbonyl (C=O) groups is 2. The summed E-state index contributed by atoms with van der Waals surface area (Å²) in [6.45, 7) is 0.960. The number of rotatable bonds is 6. The molecule has 22 heavy (non-hydrogen) atoms. The van der Waals surface area contributed by atoms with Gasteiger partial charge in [0, 0.05) is 10.4 Å². The van der Waals surface area contributed by atoms with Crippen LogP contribution in [0.5, 0.6) is 5.75 Å². The summed E-state index contributed by atoms with van der Waals surface area (Å²) in [4.78, 5) is 22.6. The van der Waals surface area contributed by atoms with Crippen LogP contribution in [0.15, 0.2) is 24.3 Å². The molecule has 7 heteroatoms. The van der Waals surface area contributed by atoms with Gasteiger partial charge in [-0.15, -0.1) is 11.3 Å². The Morgan fingerprint density at radius 2 is 2.00 bits per heavy atom. The third-order valence-electron chi connectivity index (χ3n) is 3.00. The third kappa shape index (κ3) is 3.26. The lowest BCUT2D eigenvalue weighted by molar-refractivity contribution is -0.139. The second-order valence-corrected chi connectivity index (χ2v) is 5.58. The number of ether oxygens (including phenoxy) is 1. The molecule has 0 aliphatic rings. The monoisotopic (exact) mass is 322 g/mol. The minimum Gasteiger partial charge on any atom is -0.480 e. The first-order valence-corrected chi connectivity index (χ1v) is 7.17. The minimum atomic E-state index is -1.18. The largest absolute Gasteiger partial charge is 0.480 e. The van der Waals surface area contributed by atoms with Crippen LogP contribution in [0.4, 0.5) is 0 Å². The molecule has 0 saturated carbocycles. The molecule has 2 rings (SSSR count). The van der Waals surface area contributed by atoms with Crippen LogP contribution < -0.4 is 4.74 Å². The van der Waals surface area contributed by atoms with Gasteiger partial charge >= 0.3 is 11.9 Å². The Labute approximate surface area is 130 Å². The Balaban J connectivity index is 2.50. The van der Waals surface area contributed by atoms with E-state index in [1.165, 1.54) is 0 Å². The minimum absolute atomic E-state index is 0.0387. The third-order valence-corrected chi connectivity index (χ3v) is 4.31. The van der Waals surface area contributed by atoms with Gasteiger partial charge < -0.3 is 20.1 Å². The summed E-state index contributed by atoms with van der Waals surface area (Å²) in [5.41, 5.74) is 2.02. The second kappa shape index (κ2) is 6.59. The molecule has 0 spiro atoms. The van der Waals surface area contributed by atoms with E-state index in [-0.39, 0.29) is 17.2 Å². The molecular weight excluding hydrogens is 308 g/mol. The van der Waals surface area contributed by atoms with E-state index < -0.39 is 18.5 Å². The number of aliphatic hydroxyl groups is 1. The van der Waals surface area contributed by atoms with Crippen LogP contribution in [-0.2, 0) is 11.4 Å². The van der Waals surface area contributed by atoms with Gasteiger partial charge in [0.1, 0.15) is 5.75 Å². The summed E-state index contributed by atoms with van der Waals surface area (Å²) in [5.74, 6) is -2.27. The van der Waals surface area contributed by atoms with E-state index in [0.717, 1.165) is 16.9 Å². The SMILES string of the molecule is Cc1c(-c2cccc(CO)c2)sc(C(=O)O)c1OCC(=O)O. The van der Waals surface area contributed by atoms with E-state index in [1.54, 1.807) is 31.2 Å². The average molecular weight is 322 g/mol. The van der Waals surface area contributed by atoms with Gasteiger partial charge in [0.05, 0.1) is 6.61 Å². The van der Waals surface area contributed by atoms with Crippen LogP contribution in [0.25, 0.3) is 10.4 Å². The van der Waals surface area contributed by atoms with E-state index in [0.29, 0.717) is 16.0 Å². The van der Waals surface area contributed by atoms with Gasteiger partial charge in [-0.05, 0) is 24.1 Å². The number of aromatic carboxylic acids is 1. The Morgan fingerprint density at radius 1 is 1.27 bits per heavy atom. The van der Waals surface area contributed by atoms with Gasteiger partial charge in [0.2, 0.25) is 0 Å². The number of aliphatic hydroxyl groups excluding tert-OH is 1. The Kier molecular flexibility index (Phi) is 4.79. The van der Waals surface area contributed by atoms with Crippen molar-refractivity contribution in [2.45, 2.75) is 13.5 Å². The van der Waals surface area contributed by atoms with Gasteiger partial charge in [-0.1, -0.05) is 18.2 Å². The van der Waals surface area contributed by atoms with Gasteiger partial charge in [-0.2, -0.15) is 0 Å². The lowest BCUT2D eigenvalue weighted by Gasteiger charge is -2.05. The second-order valence-electron chi connectivity index (χ2n) is 4.56. The fraction of sp³-hybridized carbons (Fsp3) is 0.200. The molecule has 0 saturated heterocycles. The number of aliphatic carboxylic acids is 1. The summed E-state index contributed by atoms with van der Waals surface area (Å²) in [7, 11) is 0. The fourth-order valence-corrected chi connectivity index (χ4v) is 3.12. The maximum atomic E-state index is 11.3. The van der Waals surface area contributed by atoms with Crippen molar-refractivity contribution >= 4 is 23.3 Å². The maximum Gasteiger partial charge on any atom is 0.349 e. The summed E-state index contributed by atoms with van der Waals surface area (Å²) >= 11 is 1.02. The molecule has 0 bridgehead atoms. The molecule has 0 amide bonds. The number of carboxylic acid groups (broad SMARTS) is 2. The van der Waals surface area contributed by atoms with E-state index in [2.05, 4.69) is 0 Å². The van der Waals surface area contributed by atoms with Crippen molar-refractivity contribution < 1.29 is 29.6 Å². The molecule has 3 N–H and O–H groups in total. The van der Waals surface area contributed by atoms with Crippen molar-refractivity contribution in [3.8, 4) is 16.2 Å². The first-order chi connectivity index (χ1) is 10.4. The zero-order chi connectivity index (χ0) is 16.3. The Morgan fingerprint density at radius 3 is 2.59 bits per heavy atom. The lowest BCUT2D eigenvalue weighted by atomic mass is 10.1. The molecule has 0 aliphatic carbocycles. The predicted octanol–water partition coefficient (Wildman–Crippen LogP) is 2.38. The van der Waals surface area contributed by atoms with E-state index in [9.17, 15) is 19.8 Å². The van der Waals surface area contributed by atoms with Gasteiger partial charge in [0.15, 0.2) is 11.5 Å². The molecule has 116 valence electrons. The quantitative estimate of drug-likeness (QED) is 0.754. The number of hydrogen-bond acceptors (Lipinski definition) is 5. The standard InChI is InChI=1S/C15H14O6S/c1-8-12(21-7-11(17)18)14(15(19)20)22-13(8)10-4-2-3-9(5-10)6-16/h2-5,16H,6-7H2,1H3,(H,17,18)(H,19,20). The highest BCUT2D eigenvalue weighted by Gasteiger charge is 2.23. The molecule has 0 atom stereocenters. The van der Waals surface area contributed by atoms with Crippen LogP contribution in [0.1, 0.15) is 20.8 Å². The number of hydrogen-bond donors (Lipinski definition) is 3. The normalized spacial score (nSPS) is 10.5. The van der Waals surface area contributed by atoms with Crippen LogP contribution in [0.3, 0.4) is 0 Å². The zero-order valence-corrected chi connectivity index (χ0v) is 12.5. The number of thiophene rings is 1. The van der Waals surface area contributed by atoms with Crippen molar-refractivity contribution in [2.24, 2.45) is 0 Å². The molecule has 0 aliphatic heterocycles. The number of carboxylic acids is 2. The van der Waals surface area contributed by atoms with Gasteiger partial charge in [0.25, 0.3) is 0 Å². The average Bonchev–Trinajstić information content (AvgIpc) is 2.82. The highest BCUT2D eigenvalue weighted by molar-refractivity contribution is 7.18. The predicted molar refractivity (Wildman–Crippen MR) is 80.5 cm³/mol. The smallest absolute Gasteiger partial charge is 0.349 e. The summed E-state index contributed by atoms with van der Waals surface area (Å²) in [6.07, 6.45) is 0. The van der Waals surface area contributed by atoms with Crippen molar-refractivity contribution in [2.75, 3.05) is 6.61 Å². The first kappa shape index (κ1) is 16.0.